The van der Waals surface area contributed by atoms with Crippen LogP contribution in [0.2, 0.25) is 0 Å². The smallest absolute Gasteiger partial charge is 0.160 e. The summed E-state index contributed by atoms with van der Waals surface area (Å²) < 4.78 is 0. The number of hydrogen-bond donors (Lipinski definition) is 0. The molecule has 0 saturated heterocycles. The van der Waals surface area contributed by atoms with Crippen molar-refractivity contribution in [3.05, 3.63) is 60.2 Å². The fourth-order valence-corrected chi connectivity index (χ4v) is 1.66. The Labute approximate surface area is 89.4 Å². The van der Waals surface area contributed by atoms with Crippen LogP contribution < -0.4 is 0 Å². The molecule has 0 heterocycles. The SMILES string of the molecule is CC(=O)c1ccccc1-c1ccccc1. The van der Waals surface area contributed by atoms with Gasteiger partial charge in [-0.15, -0.1) is 0 Å². The first-order chi connectivity index (χ1) is 7.29. The van der Waals surface area contributed by atoms with Crippen LogP contribution >= 0.6 is 0 Å². The van der Waals surface area contributed by atoms with E-state index in [-0.39, 0.29) is 5.78 Å². The Balaban J connectivity index is 2.58. The third kappa shape index (κ3) is 1.96. The zero-order chi connectivity index (χ0) is 10.7. The van der Waals surface area contributed by atoms with Gasteiger partial charge in [0.2, 0.25) is 0 Å². The van der Waals surface area contributed by atoms with Crippen LogP contribution in [0.1, 0.15) is 17.3 Å². The summed E-state index contributed by atoms with van der Waals surface area (Å²) in [6, 6.07) is 17.6. The predicted molar refractivity (Wildman–Crippen MR) is 61.9 cm³/mol. The molecule has 0 atom stereocenters. The largest absolute Gasteiger partial charge is 0.294 e. The van der Waals surface area contributed by atoms with E-state index in [2.05, 4.69) is 0 Å². The van der Waals surface area contributed by atoms with Gasteiger partial charge in [0.15, 0.2) is 5.78 Å². The summed E-state index contributed by atoms with van der Waals surface area (Å²) in [6.07, 6.45) is 0. The maximum Gasteiger partial charge on any atom is 0.160 e. The van der Waals surface area contributed by atoms with Gasteiger partial charge in [0.05, 0.1) is 0 Å². The minimum Gasteiger partial charge on any atom is -0.294 e. The van der Waals surface area contributed by atoms with Crippen LogP contribution in [0.5, 0.6) is 0 Å². The second kappa shape index (κ2) is 4.09. The average molecular weight is 196 g/mol. The Morgan fingerprint density at radius 3 is 2.13 bits per heavy atom. The van der Waals surface area contributed by atoms with Crippen molar-refractivity contribution in [2.75, 3.05) is 0 Å². The van der Waals surface area contributed by atoms with E-state index in [4.69, 9.17) is 0 Å². The van der Waals surface area contributed by atoms with Crippen LogP contribution in [-0.4, -0.2) is 5.78 Å². The van der Waals surface area contributed by atoms with Gasteiger partial charge >= 0.3 is 0 Å². The van der Waals surface area contributed by atoms with E-state index in [0.29, 0.717) is 0 Å². The first-order valence-electron chi connectivity index (χ1n) is 4.94. The quantitative estimate of drug-likeness (QED) is 0.671. The van der Waals surface area contributed by atoms with E-state index in [1.54, 1.807) is 6.92 Å². The molecule has 0 fully saturated rings. The molecule has 0 spiro atoms. The molecule has 15 heavy (non-hydrogen) atoms. The van der Waals surface area contributed by atoms with Crippen molar-refractivity contribution in [2.24, 2.45) is 0 Å². The zero-order valence-corrected chi connectivity index (χ0v) is 8.60. The minimum absolute atomic E-state index is 0.106. The molecular formula is C14H12O. The van der Waals surface area contributed by atoms with Gasteiger partial charge in [-0.1, -0.05) is 54.6 Å². The lowest BCUT2D eigenvalue weighted by Crippen LogP contribution is -1.95. The van der Waals surface area contributed by atoms with E-state index in [1.165, 1.54) is 0 Å². The number of carbonyl (C=O) groups is 1. The molecule has 0 amide bonds. The highest BCUT2D eigenvalue weighted by Crippen LogP contribution is 2.23. The normalized spacial score (nSPS) is 9.93. The molecule has 0 N–H and O–H groups in total. The molecule has 0 radical (unpaired) electrons. The molecule has 1 nitrogen and oxygen atoms in total. The fraction of sp³-hybridized carbons (Fsp3) is 0.0714. The van der Waals surface area contributed by atoms with E-state index >= 15 is 0 Å². The Hall–Kier alpha value is -1.89. The highest BCUT2D eigenvalue weighted by atomic mass is 16.1. The number of carbonyl (C=O) groups excluding carboxylic acids is 1. The summed E-state index contributed by atoms with van der Waals surface area (Å²) in [5.41, 5.74) is 2.87. The maximum atomic E-state index is 11.4. The number of rotatable bonds is 2. The van der Waals surface area contributed by atoms with Crippen LogP contribution in [0.25, 0.3) is 11.1 Å². The molecule has 1 heteroatoms. The van der Waals surface area contributed by atoms with Gasteiger partial charge in [0.25, 0.3) is 0 Å². The minimum atomic E-state index is 0.106. The van der Waals surface area contributed by atoms with Crippen molar-refractivity contribution in [1.29, 1.82) is 0 Å². The summed E-state index contributed by atoms with van der Waals surface area (Å²) in [6.45, 7) is 1.60. The van der Waals surface area contributed by atoms with Crippen LogP contribution in [0, 0.1) is 0 Å². The predicted octanol–water partition coefficient (Wildman–Crippen LogP) is 3.56. The first-order valence-corrected chi connectivity index (χ1v) is 4.94. The van der Waals surface area contributed by atoms with Crippen molar-refractivity contribution < 1.29 is 4.79 Å². The number of hydrogen-bond acceptors (Lipinski definition) is 1. The van der Waals surface area contributed by atoms with E-state index in [9.17, 15) is 4.79 Å². The van der Waals surface area contributed by atoms with E-state index < -0.39 is 0 Å². The number of ketones is 1. The molecule has 0 aliphatic heterocycles. The second-order valence-electron chi connectivity index (χ2n) is 3.47. The van der Waals surface area contributed by atoms with Gasteiger partial charge < -0.3 is 0 Å². The van der Waals surface area contributed by atoms with Crippen LogP contribution in [-0.2, 0) is 0 Å². The molecule has 74 valence electrons. The Morgan fingerprint density at radius 1 is 0.867 bits per heavy atom. The van der Waals surface area contributed by atoms with E-state index in [1.807, 2.05) is 54.6 Å². The lowest BCUT2D eigenvalue weighted by Gasteiger charge is -2.06. The van der Waals surface area contributed by atoms with Crippen LogP contribution in [0.3, 0.4) is 0 Å². The summed E-state index contributed by atoms with van der Waals surface area (Å²) in [5, 5.41) is 0. The van der Waals surface area contributed by atoms with Crippen LogP contribution in [0.15, 0.2) is 54.6 Å². The highest BCUT2D eigenvalue weighted by molar-refractivity contribution is 6.00. The van der Waals surface area contributed by atoms with Gasteiger partial charge in [0.1, 0.15) is 0 Å². The standard InChI is InChI=1S/C14H12O/c1-11(15)13-9-5-6-10-14(13)12-7-3-2-4-8-12/h2-10H,1H3. The molecule has 0 bridgehead atoms. The summed E-state index contributed by atoms with van der Waals surface area (Å²) in [5.74, 6) is 0.106. The van der Waals surface area contributed by atoms with Crippen molar-refractivity contribution in [1.82, 2.24) is 0 Å². The number of benzene rings is 2. The lowest BCUT2D eigenvalue weighted by molar-refractivity contribution is 0.101. The molecule has 2 rings (SSSR count). The molecule has 2 aromatic carbocycles. The molecule has 0 aliphatic rings. The van der Waals surface area contributed by atoms with Gasteiger partial charge in [-0.3, -0.25) is 4.79 Å². The van der Waals surface area contributed by atoms with Gasteiger partial charge in [-0.25, -0.2) is 0 Å². The average Bonchev–Trinajstić information content (AvgIpc) is 2.30. The van der Waals surface area contributed by atoms with E-state index in [0.717, 1.165) is 16.7 Å². The summed E-state index contributed by atoms with van der Waals surface area (Å²) >= 11 is 0. The Bertz CT molecular complexity index is 472. The molecule has 0 aliphatic carbocycles. The molecule has 0 aromatic heterocycles. The third-order valence-corrected chi connectivity index (χ3v) is 2.39. The molecular weight excluding hydrogens is 184 g/mol. The summed E-state index contributed by atoms with van der Waals surface area (Å²) in [4.78, 5) is 11.4. The van der Waals surface area contributed by atoms with Gasteiger partial charge in [0, 0.05) is 5.56 Å². The first kappa shape index (κ1) is 9.66. The highest BCUT2D eigenvalue weighted by Gasteiger charge is 2.06. The molecule has 0 unspecified atom stereocenters. The van der Waals surface area contributed by atoms with Crippen molar-refractivity contribution in [3.8, 4) is 11.1 Å². The van der Waals surface area contributed by atoms with Crippen molar-refractivity contribution in [3.63, 3.8) is 0 Å². The summed E-state index contributed by atoms with van der Waals surface area (Å²) in [7, 11) is 0. The topological polar surface area (TPSA) is 17.1 Å². The number of Topliss-reactive ketones (excluding diaryl/α,β-unsaturated/α-hetero) is 1. The fourth-order valence-electron chi connectivity index (χ4n) is 1.66. The molecule has 2 aromatic rings. The van der Waals surface area contributed by atoms with Crippen molar-refractivity contribution >= 4 is 5.78 Å². The Morgan fingerprint density at radius 2 is 1.47 bits per heavy atom. The maximum absolute atomic E-state index is 11.4. The third-order valence-electron chi connectivity index (χ3n) is 2.39. The monoisotopic (exact) mass is 196 g/mol. The second-order valence-corrected chi connectivity index (χ2v) is 3.47. The van der Waals surface area contributed by atoms with Crippen LogP contribution in [0.4, 0.5) is 0 Å². The van der Waals surface area contributed by atoms with Gasteiger partial charge in [-0.05, 0) is 18.1 Å². The zero-order valence-electron chi connectivity index (χ0n) is 8.60. The molecule has 0 saturated carbocycles. The van der Waals surface area contributed by atoms with Crippen molar-refractivity contribution in [2.45, 2.75) is 6.92 Å². The lowest BCUT2D eigenvalue weighted by atomic mass is 9.98. The van der Waals surface area contributed by atoms with Gasteiger partial charge in [-0.2, -0.15) is 0 Å². The Kier molecular flexibility index (Phi) is 2.64.